The molecule has 3 rings (SSSR count). The zero-order valence-corrected chi connectivity index (χ0v) is 12.1. The van der Waals surface area contributed by atoms with Crippen molar-refractivity contribution in [2.75, 3.05) is 19.7 Å². The summed E-state index contributed by atoms with van der Waals surface area (Å²) in [6, 6.07) is 9.55. The Hall–Kier alpha value is -1.65. The molecule has 21 heavy (non-hydrogen) atoms. The van der Waals surface area contributed by atoms with E-state index < -0.39 is 0 Å². The van der Waals surface area contributed by atoms with Gasteiger partial charge in [-0.05, 0) is 31.5 Å². The van der Waals surface area contributed by atoms with Crippen molar-refractivity contribution in [1.29, 1.82) is 0 Å². The summed E-state index contributed by atoms with van der Waals surface area (Å²) in [5.41, 5.74) is 0.746. The summed E-state index contributed by atoms with van der Waals surface area (Å²) in [6.45, 7) is 1.32. The van der Waals surface area contributed by atoms with E-state index >= 15 is 0 Å². The number of ketones is 1. The summed E-state index contributed by atoms with van der Waals surface area (Å²) in [6.07, 6.45) is 4.35. The lowest BCUT2D eigenvalue weighted by molar-refractivity contribution is 0.0803. The van der Waals surface area contributed by atoms with Crippen molar-refractivity contribution < 1.29 is 14.3 Å². The van der Waals surface area contributed by atoms with Crippen LogP contribution in [0.2, 0.25) is 0 Å². The van der Waals surface area contributed by atoms with Crippen molar-refractivity contribution in [3.8, 4) is 0 Å². The third-order valence-electron chi connectivity index (χ3n) is 4.26. The van der Waals surface area contributed by atoms with E-state index in [1.807, 2.05) is 30.3 Å². The van der Waals surface area contributed by atoms with Gasteiger partial charge in [0.15, 0.2) is 5.76 Å². The average molecular weight is 287 g/mol. The van der Waals surface area contributed by atoms with E-state index in [2.05, 4.69) is 4.90 Å². The first-order chi connectivity index (χ1) is 10.3. The minimum Gasteiger partial charge on any atom is -0.453 e. The Balaban J connectivity index is 1.75. The molecule has 1 unspecified atom stereocenters. The van der Waals surface area contributed by atoms with Gasteiger partial charge in [0, 0.05) is 11.4 Å². The van der Waals surface area contributed by atoms with Crippen LogP contribution in [-0.2, 0) is 0 Å². The number of aliphatic hydroxyl groups is 1. The highest BCUT2D eigenvalue weighted by atomic mass is 16.3. The maximum absolute atomic E-state index is 12.4. The van der Waals surface area contributed by atoms with Gasteiger partial charge in [0.25, 0.3) is 0 Å². The molecule has 1 aliphatic rings. The summed E-state index contributed by atoms with van der Waals surface area (Å²) >= 11 is 0. The van der Waals surface area contributed by atoms with Gasteiger partial charge < -0.3 is 9.52 Å². The van der Waals surface area contributed by atoms with Crippen molar-refractivity contribution in [2.24, 2.45) is 0 Å². The number of nitrogens with zero attached hydrogens (tertiary/aromatic N) is 1. The van der Waals surface area contributed by atoms with Gasteiger partial charge in [-0.25, -0.2) is 0 Å². The maximum atomic E-state index is 12.4. The lowest BCUT2D eigenvalue weighted by atomic mass is 10.1. The van der Waals surface area contributed by atoms with Crippen LogP contribution in [-0.4, -0.2) is 41.5 Å². The van der Waals surface area contributed by atoms with E-state index in [0.29, 0.717) is 12.3 Å². The number of hydrogen-bond donors (Lipinski definition) is 1. The molecule has 2 aromatic rings. The number of rotatable bonds is 4. The highest BCUT2D eigenvalue weighted by Crippen LogP contribution is 2.21. The van der Waals surface area contributed by atoms with Gasteiger partial charge in [-0.2, -0.15) is 0 Å². The number of likely N-dealkylation sites (tertiary alicyclic amines) is 1. The van der Waals surface area contributed by atoms with E-state index in [4.69, 9.17) is 4.42 Å². The number of aliphatic hydroxyl groups excluding tert-OH is 1. The first-order valence-corrected chi connectivity index (χ1v) is 7.64. The van der Waals surface area contributed by atoms with Gasteiger partial charge >= 0.3 is 0 Å². The summed E-state index contributed by atoms with van der Waals surface area (Å²) in [4.78, 5) is 14.5. The number of carbonyl (C=O) groups excluding carboxylic acids is 1. The Morgan fingerprint density at radius 3 is 2.95 bits per heavy atom. The summed E-state index contributed by atoms with van der Waals surface area (Å²) in [5, 5.41) is 10.5. The topological polar surface area (TPSA) is 53.7 Å². The molecular weight excluding hydrogens is 266 g/mol. The molecule has 1 atom stereocenters. The van der Waals surface area contributed by atoms with Gasteiger partial charge in [0.05, 0.1) is 13.2 Å². The fraction of sp³-hybridized carbons (Fsp3) is 0.471. The first kappa shape index (κ1) is 14.3. The summed E-state index contributed by atoms with van der Waals surface area (Å²) in [7, 11) is 0. The van der Waals surface area contributed by atoms with E-state index in [9.17, 15) is 9.90 Å². The Labute approximate surface area is 124 Å². The molecule has 112 valence electrons. The Morgan fingerprint density at radius 1 is 1.29 bits per heavy atom. The molecule has 0 spiro atoms. The molecule has 2 heterocycles. The van der Waals surface area contributed by atoms with Crippen LogP contribution in [0.3, 0.4) is 0 Å². The monoisotopic (exact) mass is 287 g/mol. The molecule has 1 aromatic carbocycles. The van der Waals surface area contributed by atoms with Crippen LogP contribution < -0.4 is 0 Å². The number of para-hydroxylation sites is 1. The fourth-order valence-corrected chi connectivity index (χ4v) is 3.03. The minimum absolute atomic E-state index is 0.00782. The first-order valence-electron chi connectivity index (χ1n) is 7.64. The van der Waals surface area contributed by atoms with Crippen LogP contribution in [0.1, 0.15) is 36.2 Å². The predicted octanol–water partition coefficient (Wildman–Crippen LogP) is 2.85. The Kier molecular flexibility index (Phi) is 4.36. The molecule has 4 heteroatoms. The van der Waals surface area contributed by atoms with E-state index in [-0.39, 0.29) is 18.4 Å². The maximum Gasteiger partial charge on any atom is 0.211 e. The van der Waals surface area contributed by atoms with Crippen molar-refractivity contribution in [2.45, 2.75) is 31.7 Å². The van der Waals surface area contributed by atoms with Crippen LogP contribution in [0.5, 0.6) is 0 Å². The fourth-order valence-electron chi connectivity index (χ4n) is 3.03. The quantitative estimate of drug-likeness (QED) is 0.879. The number of benzene rings is 1. The van der Waals surface area contributed by atoms with Crippen LogP contribution in [0.15, 0.2) is 34.7 Å². The Bertz CT molecular complexity index is 586. The molecule has 0 radical (unpaired) electrons. The number of Topliss-reactive ketones (excluding diaryl/α,β-unsaturated/α-hetero) is 1. The third-order valence-corrected chi connectivity index (χ3v) is 4.26. The zero-order chi connectivity index (χ0) is 14.7. The predicted molar refractivity (Wildman–Crippen MR) is 81.5 cm³/mol. The zero-order valence-electron chi connectivity index (χ0n) is 12.1. The Morgan fingerprint density at radius 2 is 2.14 bits per heavy atom. The molecule has 1 saturated heterocycles. The highest BCUT2D eigenvalue weighted by Gasteiger charge is 2.24. The SMILES string of the molecule is O=C(CN1CCCCCC1CO)c1cc2ccccc2o1. The number of fused-ring (bicyclic) bond motifs is 1. The second kappa shape index (κ2) is 6.41. The normalized spacial score (nSPS) is 20.5. The molecule has 1 fully saturated rings. The van der Waals surface area contributed by atoms with Gasteiger partial charge in [-0.15, -0.1) is 0 Å². The van der Waals surface area contributed by atoms with Crippen molar-refractivity contribution >= 4 is 16.8 Å². The molecule has 0 amide bonds. The standard InChI is InChI=1S/C17H21NO3/c19-12-14-7-2-1-5-9-18(14)11-15(20)17-10-13-6-3-4-8-16(13)21-17/h3-4,6,8,10,14,19H,1-2,5,7,9,11-12H2. The number of hydrogen-bond acceptors (Lipinski definition) is 4. The van der Waals surface area contributed by atoms with Crippen molar-refractivity contribution in [3.05, 3.63) is 36.1 Å². The van der Waals surface area contributed by atoms with Crippen LogP contribution in [0.25, 0.3) is 11.0 Å². The minimum atomic E-state index is -0.00782. The molecule has 0 aliphatic carbocycles. The smallest absolute Gasteiger partial charge is 0.211 e. The van der Waals surface area contributed by atoms with Gasteiger partial charge in [-0.1, -0.05) is 31.0 Å². The summed E-state index contributed by atoms with van der Waals surface area (Å²) < 4.78 is 5.63. The highest BCUT2D eigenvalue weighted by molar-refractivity contribution is 5.98. The molecule has 0 bridgehead atoms. The van der Waals surface area contributed by atoms with Gasteiger partial charge in [-0.3, -0.25) is 9.69 Å². The van der Waals surface area contributed by atoms with Crippen LogP contribution in [0, 0.1) is 0 Å². The number of carbonyl (C=O) groups is 1. The molecule has 1 aliphatic heterocycles. The van der Waals surface area contributed by atoms with E-state index in [0.717, 1.165) is 36.8 Å². The second-order valence-electron chi connectivity index (χ2n) is 5.73. The van der Waals surface area contributed by atoms with E-state index in [1.54, 1.807) is 0 Å². The van der Waals surface area contributed by atoms with E-state index in [1.165, 1.54) is 6.42 Å². The lowest BCUT2D eigenvalue weighted by Crippen LogP contribution is -2.40. The molecule has 4 nitrogen and oxygen atoms in total. The van der Waals surface area contributed by atoms with Gasteiger partial charge in [0.2, 0.25) is 5.78 Å². The van der Waals surface area contributed by atoms with Crippen LogP contribution >= 0.6 is 0 Å². The molecule has 0 saturated carbocycles. The lowest BCUT2D eigenvalue weighted by Gasteiger charge is -2.27. The summed E-state index contributed by atoms with van der Waals surface area (Å²) in [5.74, 6) is 0.406. The average Bonchev–Trinajstić information content (AvgIpc) is 2.82. The van der Waals surface area contributed by atoms with Crippen molar-refractivity contribution in [1.82, 2.24) is 4.90 Å². The number of furan rings is 1. The third kappa shape index (κ3) is 3.17. The van der Waals surface area contributed by atoms with Crippen LogP contribution in [0.4, 0.5) is 0 Å². The molecule has 1 aromatic heterocycles. The van der Waals surface area contributed by atoms with Crippen molar-refractivity contribution in [3.63, 3.8) is 0 Å². The second-order valence-corrected chi connectivity index (χ2v) is 5.73. The molecular formula is C17H21NO3. The molecule has 1 N–H and O–H groups in total. The van der Waals surface area contributed by atoms with Gasteiger partial charge in [0.1, 0.15) is 5.58 Å². The largest absolute Gasteiger partial charge is 0.453 e.